The molecule has 33 heavy (non-hydrogen) atoms. The fourth-order valence-electron chi connectivity index (χ4n) is 3.70. The van der Waals surface area contributed by atoms with Gasteiger partial charge in [-0.05, 0) is 54.2 Å². The zero-order chi connectivity index (χ0) is 23.8. The highest BCUT2D eigenvalue weighted by Crippen LogP contribution is 2.33. The predicted octanol–water partition coefficient (Wildman–Crippen LogP) is 6.64. The number of Topliss-reactive ketones (excluding diaryl/α,β-unsaturated/α-hetero) is 1. The van der Waals surface area contributed by atoms with Crippen LogP contribution in [-0.2, 0) is 5.41 Å². The first-order valence-corrected chi connectivity index (χ1v) is 11.0. The fraction of sp³-hybridized carbons (Fsp3) is 0.241. The molecule has 1 heterocycles. The largest absolute Gasteiger partial charge is 0.478 e. The minimum absolute atomic E-state index is 0.000665. The first-order valence-electron chi connectivity index (χ1n) is 11.0. The summed E-state index contributed by atoms with van der Waals surface area (Å²) in [6.07, 6.45) is 0. The summed E-state index contributed by atoms with van der Waals surface area (Å²) >= 11 is 0. The third kappa shape index (κ3) is 4.61. The molecule has 0 N–H and O–H groups in total. The molecule has 0 saturated carbocycles. The normalized spacial score (nSPS) is 11.5. The molecule has 4 aromatic rings. The monoisotopic (exact) mass is 440 g/mol. The van der Waals surface area contributed by atoms with Crippen LogP contribution < -0.4 is 10.2 Å². The van der Waals surface area contributed by atoms with Crippen molar-refractivity contribution in [3.63, 3.8) is 0 Å². The predicted molar refractivity (Wildman–Crippen MR) is 132 cm³/mol. The van der Waals surface area contributed by atoms with Gasteiger partial charge in [0.25, 0.3) is 0 Å². The van der Waals surface area contributed by atoms with Gasteiger partial charge in [-0.25, -0.2) is 0 Å². The maximum absolute atomic E-state index is 13.3. The number of hydrogen-bond acceptors (Lipinski definition) is 4. The van der Waals surface area contributed by atoms with Crippen LogP contribution in [0.25, 0.3) is 22.3 Å². The molecule has 4 heteroatoms. The number of fused-ring (bicyclic) bond motifs is 1. The molecule has 1 aromatic heterocycles. The van der Waals surface area contributed by atoms with Gasteiger partial charge < -0.3 is 9.15 Å². The number of benzene rings is 3. The van der Waals surface area contributed by atoms with Gasteiger partial charge >= 0.3 is 0 Å². The molecule has 0 unspecified atom stereocenters. The molecule has 0 aliphatic carbocycles. The van der Waals surface area contributed by atoms with Crippen LogP contribution in [0.1, 0.15) is 47.8 Å². The summed E-state index contributed by atoms with van der Waals surface area (Å²) in [5, 5.41) is 0.418. The van der Waals surface area contributed by atoms with Gasteiger partial charge in [-0.15, -0.1) is 0 Å². The van der Waals surface area contributed by atoms with Crippen molar-refractivity contribution in [2.24, 2.45) is 0 Å². The Morgan fingerprint density at radius 1 is 0.909 bits per heavy atom. The van der Waals surface area contributed by atoms with E-state index in [1.807, 2.05) is 56.3 Å². The van der Waals surface area contributed by atoms with Gasteiger partial charge in [-0.1, -0.05) is 69.3 Å². The van der Waals surface area contributed by atoms with Crippen molar-refractivity contribution in [1.29, 1.82) is 0 Å². The molecule has 0 fully saturated rings. The topological polar surface area (TPSA) is 56.5 Å². The number of ketones is 1. The lowest BCUT2D eigenvalue weighted by molar-refractivity contribution is 0.0920. The van der Waals surface area contributed by atoms with E-state index in [0.717, 1.165) is 16.7 Å². The van der Waals surface area contributed by atoms with Gasteiger partial charge in [0.15, 0.2) is 18.2 Å². The van der Waals surface area contributed by atoms with Crippen molar-refractivity contribution in [2.45, 2.75) is 40.0 Å². The number of carbonyl (C=O) groups is 1. The third-order valence-electron chi connectivity index (χ3n) is 5.95. The van der Waals surface area contributed by atoms with Gasteiger partial charge in [0, 0.05) is 11.1 Å². The van der Waals surface area contributed by atoms with Crippen LogP contribution in [0.5, 0.6) is 5.75 Å². The molecule has 0 spiro atoms. The zero-order valence-electron chi connectivity index (χ0n) is 19.7. The Morgan fingerprint density at radius 2 is 1.61 bits per heavy atom. The molecular weight excluding hydrogens is 412 g/mol. The van der Waals surface area contributed by atoms with Crippen molar-refractivity contribution < 1.29 is 13.9 Å². The number of rotatable bonds is 5. The minimum Gasteiger partial charge on any atom is -0.478 e. The Hall–Kier alpha value is -3.66. The van der Waals surface area contributed by atoms with Crippen molar-refractivity contribution in [3.8, 4) is 17.1 Å². The Balaban J connectivity index is 1.74. The highest BCUT2D eigenvalue weighted by Gasteiger charge is 2.20. The average Bonchev–Trinajstić information content (AvgIpc) is 2.79. The number of carbonyl (C=O) groups excluding carboxylic acids is 1. The lowest BCUT2D eigenvalue weighted by Crippen LogP contribution is -2.17. The SMILES string of the molecule is Cc1ccc(C(=O)COc2c(-c3ccc(C(C)(C)C)cc3)oc3ccccc3c2=O)cc1C. The van der Waals surface area contributed by atoms with Gasteiger partial charge in [0.1, 0.15) is 5.58 Å². The second kappa shape index (κ2) is 8.70. The Morgan fingerprint density at radius 3 is 2.27 bits per heavy atom. The summed E-state index contributed by atoms with van der Waals surface area (Å²) in [5.41, 5.74) is 4.78. The van der Waals surface area contributed by atoms with Crippen LogP contribution >= 0.6 is 0 Å². The van der Waals surface area contributed by atoms with Gasteiger partial charge in [0.2, 0.25) is 11.2 Å². The molecule has 3 aromatic carbocycles. The average molecular weight is 441 g/mol. The first-order chi connectivity index (χ1) is 15.6. The summed E-state index contributed by atoms with van der Waals surface area (Å²) in [6.45, 7) is 10.1. The second-order valence-electron chi connectivity index (χ2n) is 9.42. The van der Waals surface area contributed by atoms with E-state index in [0.29, 0.717) is 22.3 Å². The van der Waals surface area contributed by atoms with E-state index in [-0.39, 0.29) is 29.0 Å². The second-order valence-corrected chi connectivity index (χ2v) is 9.42. The van der Waals surface area contributed by atoms with Crippen LogP contribution in [0.4, 0.5) is 0 Å². The van der Waals surface area contributed by atoms with Crippen LogP contribution in [0, 0.1) is 13.8 Å². The minimum atomic E-state index is -0.292. The van der Waals surface area contributed by atoms with E-state index < -0.39 is 0 Å². The quantitative estimate of drug-likeness (QED) is 0.327. The summed E-state index contributed by atoms with van der Waals surface area (Å²) in [6, 6.07) is 20.5. The van der Waals surface area contributed by atoms with E-state index in [9.17, 15) is 9.59 Å². The lowest BCUT2D eigenvalue weighted by atomic mass is 9.86. The molecule has 168 valence electrons. The third-order valence-corrected chi connectivity index (χ3v) is 5.95. The lowest BCUT2D eigenvalue weighted by Gasteiger charge is -2.19. The summed E-state index contributed by atoms with van der Waals surface area (Å²) in [7, 11) is 0. The van der Waals surface area contributed by atoms with Crippen molar-refractivity contribution in [2.75, 3.05) is 6.61 Å². The number of aryl methyl sites for hydroxylation is 2. The molecule has 0 aliphatic rings. The first kappa shape index (κ1) is 22.5. The molecular formula is C29H28O4. The smallest absolute Gasteiger partial charge is 0.235 e. The zero-order valence-corrected chi connectivity index (χ0v) is 19.7. The molecule has 0 radical (unpaired) electrons. The number of ether oxygens (including phenoxy) is 1. The van der Waals surface area contributed by atoms with Crippen molar-refractivity contribution in [3.05, 3.63) is 99.2 Å². The van der Waals surface area contributed by atoms with Gasteiger partial charge in [-0.3, -0.25) is 9.59 Å². The molecule has 0 bridgehead atoms. The van der Waals surface area contributed by atoms with E-state index in [1.54, 1.807) is 24.3 Å². The van der Waals surface area contributed by atoms with Crippen LogP contribution in [-0.4, -0.2) is 12.4 Å². The van der Waals surface area contributed by atoms with Crippen molar-refractivity contribution in [1.82, 2.24) is 0 Å². The van der Waals surface area contributed by atoms with Crippen LogP contribution in [0.15, 0.2) is 75.9 Å². The van der Waals surface area contributed by atoms with E-state index in [2.05, 4.69) is 20.8 Å². The highest BCUT2D eigenvalue weighted by molar-refractivity contribution is 5.97. The van der Waals surface area contributed by atoms with Crippen molar-refractivity contribution >= 4 is 16.8 Å². The van der Waals surface area contributed by atoms with Crippen LogP contribution in [0.2, 0.25) is 0 Å². The Kier molecular flexibility index (Phi) is 5.94. The molecule has 0 atom stereocenters. The van der Waals surface area contributed by atoms with E-state index >= 15 is 0 Å². The maximum atomic E-state index is 13.3. The summed E-state index contributed by atoms with van der Waals surface area (Å²) in [5.74, 6) is 0.182. The molecule has 0 amide bonds. The number of para-hydroxylation sites is 1. The molecule has 0 saturated heterocycles. The summed E-state index contributed by atoms with van der Waals surface area (Å²) < 4.78 is 12.0. The standard InChI is InChI=1S/C29H28O4/c1-18-10-11-21(16-19(18)2)24(30)17-32-28-26(31)23-8-6-7-9-25(23)33-27(28)20-12-14-22(15-13-20)29(3,4)5/h6-16H,17H2,1-5H3. The maximum Gasteiger partial charge on any atom is 0.235 e. The Bertz CT molecular complexity index is 1390. The van der Waals surface area contributed by atoms with E-state index in [4.69, 9.17) is 9.15 Å². The van der Waals surface area contributed by atoms with Crippen LogP contribution in [0.3, 0.4) is 0 Å². The number of hydrogen-bond donors (Lipinski definition) is 0. The highest BCUT2D eigenvalue weighted by atomic mass is 16.5. The van der Waals surface area contributed by atoms with E-state index in [1.165, 1.54) is 5.56 Å². The Labute approximate surface area is 193 Å². The molecule has 4 rings (SSSR count). The fourth-order valence-corrected chi connectivity index (χ4v) is 3.70. The molecule has 4 nitrogen and oxygen atoms in total. The molecule has 0 aliphatic heterocycles. The van der Waals surface area contributed by atoms with Gasteiger partial charge in [0.05, 0.1) is 5.39 Å². The van der Waals surface area contributed by atoms with Gasteiger partial charge in [-0.2, -0.15) is 0 Å². The summed E-state index contributed by atoms with van der Waals surface area (Å²) in [4.78, 5) is 26.1.